The fraction of sp³-hybridized carbons (Fsp3) is 0.400. The van der Waals surface area contributed by atoms with Crippen LogP contribution in [0, 0.1) is 5.82 Å². The minimum Gasteiger partial charge on any atom is -0.313 e. The van der Waals surface area contributed by atoms with Gasteiger partial charge in [-0.2, -0.15) is 5.06 Å². The van der Waals surface area contributed by atoms with Crippen molar-refractivity contribution in [3.63, 3.8) is 0 Å². The Morgan fingerprint density at radius 1 is 1.31 bits per heavy atom. The van der Waals surface area contributed by atoms with Gasteiger partial charge in [-0.25, -0.2) is 4.39 Å². The zero-order valence-electron chi connectivity index (χ0n) is 7.28. The van der Waals surface area contributed by atoms with Crippen LogP contribution in [0.5, 0.6) is 0 Å². The minimum absolute atomic E-state index is 0.0561. The van der Waals surface area contributed by atoms with Crippen molar-refractivity contribution in [2.24, 2.45) is 0 Å². The highest BCUT2D eigenvalue weighted by Gasteiger charge is 2.23. The van der Waals surface area contributed by atoms with Crippen LogP contribution in [-0.2, 0) is 0 Å². The van der Waals surface area contributed by atoms with Crippen LogP contribution in [0.3, 0.4) is 0 Å². The number of nitrogens with zero attached hydrogens (tertiary/aromatic N) is 1. The Morgan fingerprint density at radius 3 is 2.54 bits per heavy atom. The summed E-state index contributed by atoms with van der Waals surface area (Å²) in [7, 11) is 0. The lowest BCUT2D eigenvalue weighted by Crippen LogP contribution is -2.18. The molecule has 1 aliphatic heterocycles. The average Bonchev–Trinajstić information content (AvgIpc) is 2.53. The zero-order valence-corrected chi connectivity index (χ0v) is 7.28. The molecule has 0 amide bonds. The second-order valence-electron chi connectivity index (χ2n) is 3.37. The lowest BCUT2D eigenvalue weighted by atomic mass is 10.1. The normalized spacial score (nSPS) is 23.7. The number of halogens is 1. The van der Waals surface area contributed by atoms with Crippen LogP contribution >= 0.6 is 0 Å². The Kier molecular flexibility index (Phi) is 2.29. The molecule has 3 heteroatoms. The summed E-state index contributed by atoms with van der Waals surface area (Å²) < 4.78 is 12.6. The van der Waals surface area contributed by atoms with Crippen LogP contribution in [0.15, 0.2) is 24.3 Å². The quantitative estimate of drug-likeness (QED) is 0.718. The lowest BCUT2D eigenvalue weighted by molar-refractivity contribution is -0.104. The van der Waals surface area contributed by atoms with E-state index in [9.17, 15) is 9.60 Å². The van der Waals surface area contributed by atoms with Crippen molar-refractivity contribution in [3.05, 3.63) is 35.6 Å². The predicted octanol–water partition coefficient (Wildman–Crippen LogP) is 2.35. The van der Waals surface area contributed by atoms with Gasteiger partial charge in [0.25, 0.3) is 0 Å². The summed E-state index contributed by atoms with van der Waals surface area (Å²) in [6, 6.07) is 6.38. The van der Waals surface area contributed by atoms with E-state index in [1.54, 1.807) is 12.1 Å². The van der Waals surface area contributed by atoms with Crippen molar-refractivity contribution >= 4 is 0 Å². The molecule has 1 atom stereocenters. The van der Waals surface area contributed by atoms with Gasteiger partial charge in [-0.15, -0.1) is 0 Å². The van der Waals surface area contributed by atoms with E-state index < -0.39 is 0 Å². The molecule has 1 aromatic carbocycles. The van der Waals surface area contributed by atoms with E-state index in [1.165, 1.54) is 17.2 Å². The Bertz CT molecular complexity index is 285. The van der Waals surface area contributed by atoms with E-state index >= 15 is 0 Å². The smallest absolute Gasteiger partial charge is 0.123 e. The van der Waals surface area contributed by atoms with Gasteiger partial charge in [0.1, 0.15) is 5.82 Å². The highest BCUT2D eigenvalue weighted by Crippen LogP contribution is 2.29. The highest BCUT2D eigenvalue weighted by molar-refractivity contribution is 5.20. The van der Waals surface area contributed by atoms with Crippen LogP contribution in [0.25, 0.3) is 0 Å². The zero-order chi connectivity index (χ0) is 9.26. The SMILES string of the molecule is ON1CCCC1c1ccc(F)cc1. The van der Waals surface area contributed by atoms with Crippen molar-refractivity contribution in [2.45, 2.75) is 18.9 Å². The molecule has 1 aromatic rings. The van der Waals surface area contributed by atoms with Crippen LogP contribution < -0.4 is 0 Å². The fourth-order valence-electron chi connectivity index (χ4n) is 1.78. The van der Waals surface area contributed by atoms with Crippen molar-refractivity contribution in [2.75, 3.05) is 6.54 Å². The summed E-state index contributed by atoms with van der Waals surface area (Å²) in [5, 5.41) is 10.8. The molecule has 0 aromatic heterocycles. The van der Waals surface area contributed by atoms with Gasteiger partial charge in [0.2, 0.25) is 0 Å². The standard InChI is InChI=1S/C10H12FNO/c11-9-5-3-8(4-6-9)10-2-1-7-12(10)13/h3-6,10,13H,1-2,7H2. The van der Waals surface area contributed by atoms with Gasteiger partial charge >= 0.3 is 0 Å². The highest BCUT2D eigenvalue weighted by atomic mass is 19.1. The van der Waals surface area contributed by atoms with Crippen molar-refractivity contribution in [1.82, 2.24) is 5.06 Å². The molecule has 13 heavy (non-hydrogen) atoms. The third-order valence-corrected chi connectivity index (χ3v) is 2.48. The molecule has 70 valence electrons. The molecule has 0 bridgehead atoms. The molecule has 0 radical (unpaired) electrons. The number of hydrogen-bond acceptors (Lipinski definition) is 2. The summed E-state index contributed by atoms with van der Waals surface area (Å²) in [6.07, 6.45) is 1.95. The Morgan fingerprint density at radius 2 is 2.00 bits per heavy atom. The monoisotopic (exact) mass is 181 g/mol. The number of rotatable bonds is 1. The maximum atomic E-state index is 12.6. The molecule has 1 N–H and O–H groups in total. The van der Waals surface area contributed by atoms with Crippen molar-refractivity contribution < 1.29 is 9.60 Å². The largest absolute Gasteiger partial charge is 0.313 e. The van der Waals surface area contributed by atoms with Crippen LogP contribution in [0.1, 0.15) is 24.4 Å². The third-order valence-electron chi connectivity index (χ3n) is 2.48. The average molecular weight is 181 g/mol. The van der Waals surface area contributed by atoms with Gasteiger partial charge in [0.05, 0.1) is 6.04 Å². The Balaban J connectivity index is 2.20. The van der Waals surface area contributed by atoms with Gasteiger partial charge in [-0.05, 0) is 30.5 Å². The first-order valence-corrected chi connectivity index (χ1v) is 4.48. The summed E-state index contributed by atoms with van der Waals surface area (Å²) in [6.45, 7) is 0.710. The van der Waals surface area contributed by atoms with E-state index in [-0.39, 0.29) is 11.9 Å². The molecular formula is C10H12FNO. The van der Waals surface area contributed by atoms with Crippen LogP contribution in [-0.4, -0.2) is 16.8 Å². The van der Waals surface area contributed by atoms with Gasteiger partial charge < -0.3 is 5.21 Å². The molecule has 1 heterocycles. The number of benzene rings is 1. The third kappa shape index (κ3) is 1.71. The topological polar surface area (TPSA) is 23.5 Å². The van der Waals surface area contributed by atoms with E-state index in [4.69, 9.17) is 0 Å². The predicted molar refractivity (Wildman–Crippen MR) is 46.9 cm³/mol. The molecule has 2 rings (SSSR count). The number of hydroxylamine groups is 2. The van der Waals surface area contributed by atoms with Crippen molar-refractivity contribution in [1.29, 1.82) is 0 Å². The molecule has 1 unspecified atom stereocenters. The van der Waals surface area contributed by atoms with E-state index in [1.807, 2.05) is 0 Å². The Hall–Kier alpha value is -0.930. The maximum Gasteiger partial charge on any atom is 0.123 e. The van der Waals surface area contributed by atoms with E-state index in [0.29, 0.717) is 6.54 Å². The molecule has 1 aliphatic rings. The van der Waals surface area contributed by atoms with Gasteiger partial charge in [0.15, 0.2) is 0 Å². The van der Waals surface area contributed by atoms with Gasteiger partial charge in [-0.3, -0.25) is 0 Å². The van der Waals surface area contributed by atoms with E-state index in [2.05, 4.69) is 0 Å². The van der Waals surface area contributed by atoms with Gasteiger partial charge in [0, 0.05) is 6.54 Å². The first kappa shape index (κ1) is 8.66. The van der Waals surface area contributed by atoms with Crippen molar-refractivity contribution in [3.8, 4) is 0 Å². The molecule has 0 spiro atoms. The first-order valence-electron chi connectivity index (χ1n) is 4.48. The maximum absolute atomic E-state index is 12.6. The number of hydrogen-bond donors (Lipinski definition) is 1. The summed E-state index contributed by atoms with van der Waals surface area (Å²) >= 11 is 0. The summed E-state index contributed by atoms with van der Waals surface area (Å²) in [4.78, 5) is 0. The molecule has 1 saturated heterocycles. The molecule has 0 aliphatic carbocycles. The van der Waals surface area contributed by atoms with Crippen LogP contribution in [0.4, 0.5) is 4.39 Å². The summed E-state index contributed by atoms with van der Waals surface area (Å²) in [5.41, 5.74) is 0.987. The fourth-order valence-corrected chi connectivity index (χ4v) is 1.78. The molecule has 0 saturated carbocycles. The lowest BCUT2D eigenvalue weighted by Gasteiger charge is -2.17. The second kappa shape index (κ2) is 3.44. The summed E-state index contributed by atoms with van der Waals surface area (Å²) in [5.74, 6) is -0.230. The van der Waals surface area contributed by atoms with E-state index in [0.717, 1.165) is 18.4 Å². The second-order valence-corrected chi connectivity index (χ2v) is 3.37. The van der Waals surface area contributed by atoms with Gasteiger partial charge in [-0.1, -0.05) is 12.1 Å². The minimum atomic E-state index is -0.230. The van der Waals surface area contributed by atoms with Crippen LogP contribution in [0.2, 0.25) is 0 Å². The Labute approximate surface area is 76.6 Å². The first-order chi connectivity index (χ1) is 6.27. The molecule has 2 nitrogen and oxygen atoms in total. The molecule has 1 fully saturated rings. The molecular weight excluding hydrogens is 169 g/mol.